The summed E-state index contributed by atoms with van der Waals surface area (Å²) in [6.45, 7) is 1.31. The Morgan fingerprint density at radius 2 is 0.936 bits per heavy atom. The van der Waals surface area contributed by atoms with Crippen molar-refractivity contribution >= 4 is 64.0 Å². The molecule has 0 aromatic heterocycles. The van der Waals surface area contributed by atoms with Crippen LogP contribution in [0.3, 0.4) is 0 Å². The number of fused-ring (bicyclic) bond motifs is 4. The van der Waals surface area contributed by atoms with Crippen LogP contribution in [0.25, 0.3) is 11.5 Å². The van der Waals surface area contributed by atoms with Crippen LogP contribution >= 0.6 is 23.5 Å². The molecular weight excluding hydrogens is 641 g/mol. The van der Waals surface area contributed by atoms with E-state index < -0.39 is 28.9 Å². The highest BCUT2D eigenvalue weighted by Gasteiger charge is 2.51. The third kappa shape index (κ3) is 5.22. The summed E-state index contributed by atoms with van der Waals surface area (Å²) in [5, 5.41) is 0. The first-order valence-electron chi connectivity index (χ1n) is 16.0. The maximum atomic E-state index is 12.4. The van der Waals surface area contributed by atoms with Gasteiger partial charge in [0.2, 0.25) is 23.1 Å². The number of hydrogen-bond donors (Lipinski definition) is 0. The Morgan fingerprint density at radius 3 is 1.40 bits per heavy atom. The third-order valence-electron chi connectivity index (χ3n) is 10.1. The minimum absolute atomic E-state index is 0.273. The van der Waals surface area contributed by atoms with Gasteiger partial charge in [0.05, 0.1) is 13.2 Å². The van der Waals surface area contributed by atoms with Crippen molar-refractivity contribution in [3.05, 3.63) is 80.6 Å². The number of allylic oxidation sites excluding steroid dienone is 2. The van der Waals surface area contributed by atoms with Gasteiger partial charge in [0.25, 0.3) is 0 Å². The topological polar surface area (TPSA) is 122 Å². The van der Waals surface area contributed by atoms with Gasteiger partial charge in [0, 0.05) is 59.4 Å². The van der Waals surface area contributed by atoms with Crippen molar-refractivity contribution in [2.45, 2.75) is 68.4 Å². The van der Waals surface area contributed by atoms with Crippen LogP contribution in [-0.2, 0) is 33.3 Å². The van der Waals surface area contributed by atoms with E-state index in [1.807, 2.05) is 24.3 Å². The summed E-state index contributed by atoms with van der Waals surface area (Å²) in [6, 6.07) is 14.3. The van der Waals surface area contributed by atoms with E-state index in [2.05, 4.69) is 0 Å². The van der Waals surface area contributed by atoms with Crippen LogP contribution in [-0.4, -0.2) is 70.6 Å². The number of ether oxygens (including phenoxy) is 4. The lowest BCUT2D eigenvalue weighted by Crippen LogP contribution is -2.48. The Hall–Kier alpha value is -3.51. The molecule has 0 bridgehead atoms. The predicted octanol–water partition coefficient (Wildman–Crippen LogP) is 5.71. The summed E-state index contributed by atoms with van der Waals surface area (Å²) in [5.41, 5.74) is 1.59. The van der Waals surface area contributed by atoms with E-state index in [0.29, 0.717) is 88.4 Å². The lowest BCUT2D eigenvalue weighted by Gasteiger charge is -2.46. The van der Waals surface area contributed by atoms with E-state index in [0.717, 1.165) is 31.2 Å². The Morgan fingerprint density at radius 1 is 0.511 bits per heavy atom. The molecule has 47 heavy (non-hydrogen) atoms. The second kappa shape index (κ2) is 11.6. The van der Waals surface area contributed by atoms with E-state index in [9.17, 15) is 24.0 Å². The first kappa shape index (κ1) is 30.8. The first-order chi connectivity index (χ1) is 22.7. The fourth-order valence-electron chi connectivity index (χ4n) is 7.37. The fraction of sp³-hybridized carbons (Fsp3) is 0.417. The van der Waals surface area contributed by atoms with Gasteiger partial charge in [-0.15, -0.1) is 23.5 Å². The molecule has 1 saturated heterocycles. The number of carbonyl (C=O) groups excluding carboxylic acids is 5. The van der Waals surface area contributed by atoms with Gasteiger partial charge in [-0.25, -0.2) is 0 Å². The number of ketones is 5. The molecule has 0 amide bonds. The molecule has 0 atom stereocenters. The van der Waals surface area contributed by atoms with Crippen LogP contribution in [0.1, 0.15) is 83.2 Å². The van der Waals surface area contributed by atoms with Crippen molar-refractivity contribution in [2.24, 2.45) is 0 Å². The quantitative estimate of drug-likeness (QED) is 0.320. The molecule has 242 valence electrons. The van der Waals surface area contributed by atoms with Gasteiger partial charge in [-0.1, -0.05) is 48.5 Å². The van der Waals surface area contributed by atoms with Crippen LogP contribution in [0.4, 0.5) is 0 Å². The van der Waals surface area contributed by atoms with E-state index in [1.54, 1.807) is 24.3 Å². The van der Waals surface area contributed by atoms with Crippen LogP contribution < -0.4 is 0 Å². The van der Waals surface area contributed by atoms with Gasteiger partial charge < -0.3 is 18.9 Å². The van der Waals surface area contributed by atoms with Gasteiger partial charge >= 0.3 is 0 Å². The summed E-state index contributed by atoms with van der Waals surface area (Å²) in [6.07, 6.45) is 5.65. The van der Waals surface area contributed by atoms with Crippen LogP contribution in [0.15, 0.2) is 58.3 Å². The largest absolute Gasteiger partial charge is 0.484 e. The van der Waals surface area contributed by atoms with Crippen LogP contribution in [0, 0.1) is 0 Å². The highest BCUT2D eigenvalue weighted by Crippen LogP contribution is 2.52. The van der Waals surface area contributed by atoms with Gasteiger partial charge in [-0.3, -0.25) is 24.0 Å². The zero-order chi connectivity index (χ0) is 32.4. The van der Waals surface area contributed by atoms with E-state index in [4.69, 9.17) is 18.9 Å². The van der Waals surface area contributed by atoms with Gasteiger partial charge in [-0.2, -0.15) is 0 Å². The molecule has 3 heterocycles. The Labute approximate surface area is 279 Å². The highest BCUT2D eigenvalue weighted by atomic mass is 32.2. The molecule has 9 nitrogen and oxygen atoms in total. The number of benzene rings is 2. The standard InChI is InChI=1S/C19H18O5S.C17H14O4S/c20-14-12-3-1-2-4-13(12)16-17(15(14)21)25-11-18(24-16)5-7-19(8-6-18)22-9-10-23-19;18-10-5-7-17(8-6-10)9-22-16-14(20)13(19)11-3-1-2-4-12(11)15(16)21-17/h1-4H,5-11H2;1-4H,5-9H2. The molecule has 2 aromatic rings. The Bertz CT molecular complexity index is 1800. The molecule has 3 fully saturated rings. The average Bonchev–Trinajstić information content (AvgIpc) is 3.58. The van der Waals surface area contributed by atoms with E-state index in [1.165, 1.54) is 23.5 Å². The van der Waals surface area contributed by atoms with Gasteiger partial charge in [0.15, 0.2) is 5.79 Å². The first-order valence-corrected chi connectivity index (χ1v) is 18.0. The molecule has 3 aliphatic heterocycles. The molecule has 7 aliphatic rings. The molecule has 0 unspecified atom stereocenters. The molecule has 2 saturated carbocycles. The molecule has 3 spiro atoms. The van der Waals surface area contributed by atoms with Crippen molar-refractivity contribution in [2.75, 3.05) is 24.7 Å². The maximum Gasteiger partial charge on any atom is 0.243 e. The van der Waals surface area contributed by atoms with Crippen molar-refractivity contribution in [1.29, 1.82) is 0 Å². The minimum atomic E-state index is -0.472. The maximum absolute atomic E-state index is 12.4. The van der Waals surface area contributed by atoms with Gasteiger partial charge in [0.1, 0.15) is 38.3 Å². The van der Waals surface area contributed by atoms with E-state index >= 15 is 0 Å². The number of carbonyl (C=O) groups is 5. The SMILES string of the molecule is O=C1C(=O)c2ccccc2C2=C1SCC1(CCC3(CC1)OCCO3)O2.O=C1CCC2(CC1)CSC1=C(O2)c2ccccc2C(=O)C1=O. The number of thioether (sulfide) groups is 2. The zero-order valence-electron chi connectivity index (χ0n) is 25.6. The number of Topliss-reactive ketones (excluding diaryl/α,β-unsaturated/α-hetero) is 5. The molecule has 2 aromatic carbocycles. The van der Waals surface area contributed by atoms with E-state index in [-0.39, 0.29) is 17.0 Å². The monoisotopic (exact) mass is 672 g/mol. The van der Waals surface area contributed by atoms with Crippen molar-refractivity contribution in [3.63, 3.8) is 0 Å². The molecule has 4 aliphatic carbocycles. The van der Waals surface area contributed by atoms with Crippen LogP contribution in [0.2, 0.25) is 0 Å². The van der Waals surface area contributed by atoms with Crippen molar-refractivity contribution < 1.29 is 42.9 Å². The predicted molar refractivity (Wildman–Crippen MR) is 175 cm³/mol. The molecule has 0 radical (unpaired) electrons. The lowest BCUT2D eigenvalue weighted by atomic mass is 9.81. The summed E-state index contributed by atoms with van der Waals surface area (Å²) in [5.74, 6) is 0.453. The normalized spacial score (nSPS) is 25.0. The number of rotatable bonds is 0. The Balaban J connectivity index is 0.000000139. The second-order valence-electron chi connectivity index (χ2n) is 13.0. The zero-order valence-corrected chi connectivity index (χ0v) is 27.2. The average molecular weight is 673 g/mol. The molecule has 9 rings (SSSR count). The number of hydrogen-bond acceptors (Lipinski definition) is 11. The second-order valence-corrected chi connectivity index (χ2v) is 15.0. The smallest absolute Gasteiger partial charge is 0.243 e. The van der Waals surface area contributed by atoms with Crippen molar-refractivity contribution in [3.8, 4) is 0 Å². The lowest BCUT2D eigenvalue weighted by molar-refractivity contribution is -0.198. The molecule has 11 heteroatoms. The molecule has 0 N–H and O–H groups in total. The fourth-order valence-corrected chi connectivity index (χ4v) is 9.90. The molecular formula is C36H32O9S2. The summed E-state index contributed by atoms with van der Waals surface area (Å²) in [7, 11) is 0. The summed E-state index contributed by atoms with van der Waals surface area (Å²) in [4.78, 5) is 61.6. The summed E-state index contributed by atoms with van der Waals surface area (Å²) < 4.78 is 24.3. The van der Waals surface area contributed by atoms with Gasteiger partial charge in [-0.05, 0) is 25.7 Å². The Kier molecular flexibility index (Phi) is 7.59. The minimum Gasteiger partial charge on any atom is -0.484 e. The van der Waals surface area contributed by atoms with Crippen LogP contribution in [0.5, 0.6) is 0 Å². The highest BCUT2D eigenvalue weighted by molar-refractivity contribution is 8.04. The third-order valence-corrected chi connectivity index (χ3v) is 12.8. The van der Waals surface area contributed by atoms with Crippen molar-refractivity contribution in [1.82, 2.24) is 0 Å². The summed E-state index contributed by atoms with van der Waals surface area (Å²) >= 11 is 2.86.